The summed E-state index contributed by atoms with van der Waals surface area (Å²) in [5.74, 6) is 1.06. The molecule has 1 aliphatic carbocycles. The Morgan fingerprint density at radius 1 is 1.20 bits per heavy atom. The molecule has 1 aromatic carbocycles. The zero-order chi connectivity index (χ0) is 13.8. The largest absolute Gasteiger partial charge is 0.512 e. The Labute approximate surface area is 117 Å². The predicted molar refractivity (Wildman–Crippen MR) is 81.9 cm³/mol. The standard InChI is InChI=1S/C16H15N3O/c20-15-8-4-2-6-13(15)11-17-19-16-10-9-12-5-1-3-7-14(12)18-16/h1-3,5-7,9-11,20H,4,8H2,(H,18,19)/b17-11+. The number of nitrogens with one attached hydrogen (secondary N) is 1. The highest BCUT2D eigenvalue weighted by Gasteiger charge is 2.04. The summed E-state index contributed by atoms with van der Waals surface area (Å²) < 4.78 is 0. The van der Waals surface area contributed by atoms with Crippen molar-refractivity contribution < 1.29 is 5.11 Å². The molecule has 0 unspecified atom stereocenters. The van der Waals surface area contributed by atoms with Crippen molar-refractivity contribution >= 4 is 22.9 Å². The summed E-state index contributed by atoms with van der Waals surface area (Å²) in [6.07, 6.45) is 7.06. The Balaban J connectivity index is 1.75. The van der Waals surface area contributed by atoms with E-state index in [0.29, 0.717) is 18.0 Å². The van der Waals surface area contributed by atoms with E-state index < -0.39 is 0 Å². The number of aliphatic hydroxyl groups excluding tert-OH is 1. The van der Waals surface area contributed by atoms with E-state index in [0.717, 1.165) is 22.9 Å². The van der Waals surface area contributed by atoms with Gasteiger partial charge in [-0.25, -0.2) is 4.98 Å². The SMILES string of the molecule is OC1=C(/C=N/Nc2ccc3ccccc3n2)C=CCC1. The first-order valence-electron chi connectivity index (χ1n) is 6.56. The number of hydrogen-bond donors (Lipinski definition) is 2. The van der Waals surface area contributed by atoms with E-state index in [1.165, 1.54) is 0 Å². The van der Waals surface area contributed by atoms with Crippen molar-refractivity contribution in [2.45, 2.75) is 12.8 Å². The maximum absolute atomic E-state index is 9.70. The number of nitrogens with zero attached hydrogens (tertiary/aromatic N) is 2. The lowest BCUT2D eigenvalue weighted by Crippen LogP contribution is -1.98. The molecule has 0 amide bonds. The number of pyridine rings is 1. The van der Waals surface area contributed by atoms with Gasteiger partial charge in [0.15, 0.2) is 0 Å². The lowest BCUT2D eigenvalue weighted by atomic mass is 10.1. The van der Waals surface area contributed by atoms with E-state index in [9.17, 15) is 5.11 Å². The number of fused-ring (bicyclic) bond motifs is 1. The Hall–Kier alpha value is -2.62. The van der Waals surface area contributed by atoms with Crippen LogP contribution in [-0.2, 0) is 0 Å². The number of para-hydroxylation sites is 1. The topological polar surface area (TPSA) is 57.5 Å². The number of rotatable bonds is 3. The number of anilines is 1. The summed E-state index contributed by atoms with van der Waals surface area (Å²) in [7, 11) is 0. The van der Waals surface area contributed by atoms with Crippen LogP contribution in [0, 0.1) is 0 Å². The maximum atomic E-state index is 9.70. The minimum Gasteiger partial charge on any atom is -0.512 e. The number of hydrazone groups is 1. The summed E-state index contributed by atoms with van der Waals surface area (Å²) in [4.78, 5) is 4.46. The van der Waals surface area contributed by atoms with Crippen LogP contribution in [0.15, 0.2) is 65.0 Å². The van der Waals surface area contributed by atoms with E-state index in [2.05, 4.69) is 15.5 Å². The smallest absolute Gasteiger partial charge is 0.146 e. The number of aromatic nitrogens is 1. The molecular formula is C16H15N3O. The molecule has 0 spiro atoms. The van der Waals surface area contributed by atoms with Gasteiger partial charge >= 0.3 is 0 Å². The molecule has 0 fully saturated rings. The summed E-state index contributed by atoms with van der Waals surface area (Å²) in [5, 5.41) is 14.9. The first-order chi connectivity index (χ1) is 9.83. The molecule has 0 bridgehead atoms. The fourth-order valence-electron chi connectivity index (χ4n) is 2.08. The first kappa shape index (κ1) is 12.4. The molecule has 0 radical (unpaired) electrons. The molecular weight excluding hydrogens is 250 g/mol. The fraction of sp³-hybridized carbons (Fsp3) is 0.125. The van der Waals surface area contributed by atoms with Crippen LogP contribution in [0.4, 0.5) is 5.82 Å². The molecule has 1 aromatic heterocycles. The van der Waals surface area contributed by atoms with E-state index in [4.69, 9.17) is 0 Å². The molecule has 4 nitrogen and oxygen atoms in total. The highest BCUT2D eigenvalue weighted by atomic mass is 16.3. The molecule has 2 aromatic rings. The molecule has 100 valence electrons. The van der Waals surface area contributed by atoms with Crippen LogP contribution in [0.5, 0.6) is 0 Å². The molecule has 0 saturated heterocycles. The van der Waals surface area contributed by atoms with E-state index in [-0.39, 0.29) is 0 Å². The van der Waals surface area contributed by atoms with Crippen LogP contribution in [0.1, 0.15) is 12.8 Å². The van der Waals surface area contributed by atoms with Crippen LogP contribution in [0.25, 0.3) is 10.9 Å². The predicted octanol–water partition coefficient (Wildman–Crippen LogP) is 3.79. The van der Waals surface area contributed by atoms with E-state index in [1.807, 2.05) is 48.6 Å². The average molecular weight is 265 g/mol. The van der Waals surface area contributed by atoms with Gasteiger partial charge in [0.1, 0.15) is 11.6 Å². The van der Waals surface area contributed by atoms with Gasteiger partial charge in [-0.3, -0.25) is 5.43 Å². The second-order valence-electron chi connectivity index (χ2n) is 4.60. The molecule has 3 rings (SSSR count). The molecule has 1 aliphatic rings. The van der Waals surface area contributed by atoms with Crippen LogP contribution in [-0.4, -0.2) is 16.3 Å². The molecule has 1 heterocycles. The number of hydrogen-bond acceptors (Lipinski definition) is 4. The van der Waals surface area contributed by atoms with Crippen LogP contribution < -0.4 is 5.43 Å². The molecule has 4 heteroatoms. The Morgan fingerprint density at radius 2 is 2.10 bits per heavy atom. The van der Waals surface area contributed by atoms with Gasteiger partial charge in [0.25, 0.3) is 0 Å². The second-order valence-corrected chi connectivity index (χ2v) is 4.60. The van der Waals surface area contributed by atoms with Gasteiger partial charge in [0.05, 0.1) is 11.7 Å². The summed E-state index contributed by atoms with van der Waals surface area (Å²) in [6.45, 7) is 0. The highest BCUT2D eigenvalue weighted by molar-refractivity contribution is 5.84. The number of allylic oxidation sites excluding steroid dienone is 4. The second kappa shape index (κ2) is 5.57. The lowest BCUT2D eigenvalue weighted by Gasteiger charge is -2.06. The molecule has 0 aliphatic heterocycles. The van der Waals surface area contributed by atoms with Gasteiger partial charge in [-0.1, -0.05) is 30.4 Å². The minimum absolute atomic E-state index is 0.379. The Bertz CT molecular complexity index is 716. The van der Waals surface area contributed by atoms with Crippen molar-refractivity contribution in [3.8, 4) is 0 Å². The third kappa shape index (κ3) is 2.69. The van der Waals surface area contributed by atoms with E-state index in [1.54, 1.807) is 6.21 Å². The van der Waals surface area contributed by atoms with Crippen LogP contribution in [0.2, 0.25) is 0 Å². The maximum Gasteiger partial charge on any atom is 0.146 e. The fourth-order valence-corrected chi connectivity index (χ4v) is 2.08. The quantitative estimate of drug-likeness (QED) is 0.655. The van der Waals surface area contributed by atoms with Crippen molar-refractivity contribution in [1.29, 1.82) is 0 Å². The zero-order valence-electron chi connectivity index (χ0n) is 11.0. The zero-order valence-corrected chi connectivity index (χ0v) is 11.0. The average Bonchev–Trinajstić information content (AvgIpc) is 2.49. The van der Waals surface area contributed by atoms with Crippen molar-refractivity contribution in [1.82, 2.24) is 4.98 Å². The molecule has 2 N–H and O–H groups in total. The minimum atomic E-state index is 0.379. The first-order valence-corrected chi connectivity index (χ1v) is 6.56. The van der Waals surface area contributed by atoms with Gasteiger partial charge < -0.3 is 5.11 Å². The highest BCUT2D eigenvalue weighted by Crippen LogP contribution is 2.16. The van der Waals surface area contributed by atoms with Crippen molar-refractivity contribution in [3.63, 3.8) is 0 Å². The summed E-state index contributed by atoms with van der Waals surface area (Å²) in [5.41, 5.74) is 4.55. The van der Waals surface area contributed by atoms with Gasteiger partial charge in [-0.15, -0.1) is 0 Å². The van der Waals surface area contributed by atoms with E-state index >= 15 is 0 Å². The monoisotopic (exact) mass is 265 g/mol. The number of aliphatic hydroxyl groups is 1. The third-order valence-electron chi connectivity index (χ3n) is 3.16. The Morgan fingerprint density at radius 3 is 3.00 bits per heavy atom. The molecule has 0 atom stereocenters. The Kier molecular flexibility index (Phi) is 3.46. The van der Waals surface area contributed by atoms with Crippen molar-refractivity contribution in [2.24, 2.45) is 5.10 Å². The van der Waals surface area contributed by atoms with Crippen LogP contribution >= 0.6 is 0 Å². The van der Waals surface area contributed by atoms with Gasteiger partial charge in [-0.2, -0.15) is 5.10 Å². The summed E-state index contributed by atoms with van der Waals surface area (Å²) >= 11 is 0. The third-order valence-corrected chi connectivity index (χ3v) is 3.16. The normalized spacial score (nSPS) is 15.2. The van der Waals surface area contributed by atoms with Crippen LogP contribution in [0.3, 0.4) is 0 Å². The van der Waals surface area contributed by atoms with Crippen molar-refractivity contribution in [2.75, 3.05) is 5.43 Å². The van der Waals surface area contributed by atoms with Crippen molar-refractivity contribution in [3.05, 3.63) is 59.9 Å². The lowest BCUT2D eigenvalue weighted by molar-refractivity contribution is 0.385. The molecule has 0 saturated carbocycles. The van der Waals surface area contributed by atoms with Gasteiger partial charge in [-0.05, 0) is 24.6 Å². The molecule has 20 heavy (non-hydrogen) atoms. The summed E-state index contributed by atoms with van der Waals surface area (Å²) in [6, 6.07) is 11.8. The number of benzene rings is 1. The van der Waals surface area contributed by atoms with Gasteiger partial charge in [0.2, 0.25) is 0 Å². The van der Waals surface area contributed by atoms with Gasteiger partial charge in [0, 0.05) is 17.4 Å².